The third-order valence-corrected chi connectivity index (χ3v) is 6.19. The van der Waals surface area contributed by atoms with Gasteiger partial charge in [0.1, 0.15) is 0 Å². The van der Waals surface area contributed by atoms with E-state index >= 15 is 0 Å². The lowest BCUT2D eigenvalue weighted by molar-refractivity contribution is 0.463. The molecule has 0 saturated heterocycles. The Bertz CT molecular complexity index is 267. The molecule has 0 aliphatic carbocycles. The summed E-state index contributed by atoms with van der Waals surface area (Å²) in [7, 11) is 0. The molecule has 0 bridgehead atoms. The van der Waals surface area contributed by atoms with Crippen LogP contribution in [0.15, 0.2) is 12.7 Å². The maximum atomic E-state index is 4.07. The van der Waals surface area contributed by atoms with Crippen LogP contribution in [0.2, 0.25) is 0 Å². The molecule has 0 aromatic heterocycles. The molecular formula is C27H54. The van der Waals surface area contributed by atoms with Gasteiger partial charge in [0.2, 0.25) is 0 Å². The van der Waals surface area contributed by atoms with Gasteiger partial charge in [0, 0.05) is 0 Å². The smallest absolute Gasteiger partial charge is 0.0236 e. The summed E-state index contributed by atoms with van der Waals surface area (Å²) in [5.74, 6) is 0.786. The van der Waals surface area contributed by atoms with E-state index in [0.29, 0.717) is 0 Å². The zero-order chi connectivity index (χ0) is 19.8. The zero-order valence-electron chi connectivity index (χ0n) is 19.4. The van der Waals surface area contributed by atoms with Gasteiger partial charge in [-0.15, -0.1) is 6.58 Å². The Kier molecular flexibility index (Phi) is 23.5. The van der Waals surface area contributed by atoms with Gasteiger partial charge < -0.3 is 0 Å². The zero-order valence-corrected chi connectivity index (χ0v) is 19.4. The third kappa shape index (κ3) is 21.9. The first-order valence-corrected chi connectivity index (χ1v) is 13.0. The molecule has 0 amide bonds. The van der Waals surface area contributed by atoms with E-state index in [9.17, 15) is 0 Å². The first kappa shape index (κ1) is 26.7. The first-order valence-electron chi connectivity index (χ1n) is 13.0. The van der Waals surface area contributed by atoms with Gasteiger partial charge in [-0.05, 0) is 18.8 Å². The van der Waals surface area contributed by atoms with Crippen molar-refractivity contribution in [2.24, 2.45) is 5.92 Å². The minimum absolute atomic E-state index is 0.786. The summed E-state index contributed by atoms with van der Waals surface area (Å²) in [6, 6.07) is 0. The summed E-state index contributed by atoms with van der Waals surface area (Å²) >= 11 is 0. The lowest BCUT2D eigenvalue weighted by Gasteiger charge is -2.12. The van der Waals surface area contributed by atoms with Crippen molar-refractivity contribution >= 4 is 0 Å². The highest BCUT2D eigenvalue weighted by Crippen LogP contribution is 2.20. The Hall–Kier alpha value is -0.260. The van der Waals surface area contributed by atoms with Gasteiger partial charge in [0.05, 0.1) is 0 Å². The highest BCUT2D eigenvalue weighted by atomic mass is 14.1. The van der Waals surface area contributed by atoms with Crippen molar-refractivity contribution in [3.63, 3.8) is 0 Å². The van der Waals surface area contributed by atoms with E-state index in [2.05, 4.69) is 26.5 Å². The average Bonchev–Trinajstić information content (AvgIpc) is 2.69. The van der Waals surface area contributed by atoms with Crippen molar-refractivity contribution in [1.29, 1.82) is 0 Å². The topological polar surface area (TPSA) is 0 Å². The second-order valence-corrected chi connectivity index (χ2v) is 8.94. The molecule has 0 heterocycles. The maximum Gasteiger partial charge on any atom is -0.0236 e. The van der Waals surface area contributed by atoms with Crippen LogP contribution >= 0.6 is 0 Å². The van der Waals surface area contributed by atoms with Gasteiger partial charge in [0.15, 0.2) is 0 Å². The molecule has 162 valence electrons. The van der Waals surface area contributed by atoms with Crippen molar-refractivity contribution in [2.45, 2.75) is 155 Å². The fourth-order valence-electron chi connectivity index (χ4n) is 4.17. The molecule has 0 aromatic rings. The predicted octanol–water partition coefficient (Wildman–Crippen LogP) is 10.4. The predicted molar refractivity (Wildman–Crippen MR) is 127 cm³/mol. The standard InChI is InChI=1S/C27H54/c1-4-7-9-11-13-14-15-16-17-18-19-20-22-24-26-27(6-3)25-23-21-12-10-8-5-2/h6,27H,3-5,7-26H2,1-2H3. The molecule has 0 fully saturated rings. The molecule has 1 unspecified atom stereocenters. The third-order valence-electron chi connectivity index (χ3n) is 6.19. The minimum atomic E-state index is 0.786. The summed E-state index contributed by atoms with van der Waals surface area (Å²) in [5.41, 5.74) is 0. The fraction of sp³-hybridized carbons (Fsp3) is 0.926. The van der Waals surface area contributed by atoms with Crippen LogP contribution in [-0.2, 0) is 0 Å². The van der Waals surface area contributed by atoms with Crippen molar-refractivity contribution in [2.75, 3.05) is 0 Å². The van der Waals surface area contributed by atoms with Crippen LogP contribution in [0.4, 0.5) is 0 Å². The van der Waals surface area contributed by atoms with Gasteiger partial charge >= 0.3 is 0 Å². The largest absolute Gasteiger partial charge is 0.103 e. The van der Waals surface area contributed by atoms with E-state index < -0.39 is 0 Å². The Morgan fingerprint density at radius 2 is 0.704 bits per heavy atom. The molecule has 0 N–H and O–H groups in total. The molecule has 0 heteroatoms. The van der Waals surface area contributed by atoms with Crippen LogP contribution in [0, 0.1) is 5.92 Å². The van der Waals surface area contributed by atoms with E-state index in [4.69, 9.17) is 0 Å². The van der Waals surface area contributed by atoms with Crippen molar-refractivity contribution in [3.05, 3.63) is 12.7 Å². The maximum absolute atomic E-state index is 4.07. The summed E-state index contributed by atoms with van der Waals surface area (Å²) in [4.78, 5) is 0. The summed E-state index contributed by atoms with van der Waals surface area (Å²) < 4.78 is 0. The summed E-state index contributed by atoms with van der Waals surface area (Å²) in [6.07, 6.45) is 33.9. The second-order valence-electron chi connectivity index (χ2n) is 8.94. The number of rotatable bonds is 23. The molecule has 0 aliphatic heterocycles. The Morgan fingerprint density at radius 3 is 0.963 bits per heavy atom. The van der Waals surface area contributed by atoms with E-state index in [-0.39, 0.29) is 0 Å². The Morgan fingerprint density at radius 1 is 0.444 bits per heavy atom. The molecule has 0 radical (unpaired) electrons. The minimum Gasteiger partial charge on any atom is -0.103 e. The van der Waals surface area contributed by atoms with Crippen LogP contribution in [0.1, 0.15) is 155 Å². The monoisotopic (exact) mass is 378 g/mol. The molecule has 1 atom stereocenters. The van der Waals surface area contributed by atoms with Gasteiger partial charge in [-0.2, -0.15) is 0 Å². The van der Waals surface area contributed by atoms with Crippen LogP contribution in [0.25, 0.3) is 0 Å². The highest BCUT2D eigenvalue weighted by Gasteiger charge is 2.04. The van der Waals surface area contributed by atoms with Crippen LogP contribution < -0.4 is 0 Å². The lowest BCUT2D eigenvalue weighted by atomic mass is 9.94. The van der Waals surface area contributed by atoms with Crippen molar-refractivity contribution < 1.29 is 0 Å². The summed E-state index contributed by atoms with van der Waals surface area (Å²) in [5, 5.41) is 0. The molecule has 27 heavy (non-hydrogen) atoms. The van der Waals surface area contributed by atoms with Gasteiger partial charge in [-0.1, -0.05) is 148 Å². The second kappa shape index (κ2) is 23.8. The lowest BCUT2D eigenvalue weighted by Crippen LogP contribution is -1.96. The molecule has 0 nitrogen and oxygen atoms in total. The van der Waals surface area contributed by atoms with E-state index in [1.165, 1.54) is 141 Å². The van der Waals surface area contributed by atoms with Crippen molar-refractivity contribution in [3.8, 4) is 0 Å². The van der Waals surface area contributed by atoms with E-state index in [0.717, 1.165) is 5.92 Å². The number of allylic oxidation sites excluding steroid dienone is 1. The van der Waals surface area contributed by atoms with Gasteiger partial charge in [0.25, 0.3) is 0 Å². The van der Waals surface area contributed by atoms with Crippen LogP contribution in [-0.4, -0.2) is 0 Å². The first-order chi connectivity index (χ1) is 13.3. The van der Waals surface area contributed by atoms with Crippen molar-refractivity contribution in [1.82, 2.24) is 0 Å². The molecule has 0 saturated carbocycles. The molecular weight excluding hydrogens is 324 g/mol. The molecule has 0 aliphatic rings. The number of hydrogen-bond donors (Lipinski definition) is 0. The van der Waals surface area contributed by atoms with E-state index in [1.807, 2.05) is 0 Å². The molecule has 0 aromatic carbocycles. The van der Waals surface area contributed by atoms with E-state index in [1.54, 1.807) is 0 Å². The normalized spacial score (nSPS) is 12.4. The van der Waals surface area contributed by atoms with Crippen LogP contribution in [0.3, 0.4) is 0 Å². The SMILES string of the molecule is C=CC(CCCCCCCC)CCCCCCCCCCCCCCCC. The Balaban J connectivity index is 3.24. The molecule has 0 rings (SSSR count). The molecule has 0 spiro atoms. The fourth-order valence-corrected chi connectivity index (χ4v) is 4.17. The summed E-state index contributed by atoms with van der Waals surface area (Å²) in [6.45, 7) is 8.67. The highest BCUT2D eigenvalue weighted by molar-refractivity contribution is 4.78. The average molecular weight is 379 g/mol. The number of unbranched alkanes of at least 4 members (excludes halogenated alkanes) is 18. The van der Waals surface area contributed by atoms with Crippen LogP contribution in [0.5, 0.6) is 0 Å². The quantitative estimate of drug-likeness (QED) is 0.122. The van der Waals surface area contributed by atoms with Gasteiger partial charge in [-0.25, -0.2) is 0 Å². The van der Waals surface area contributed by atoms with Gasteiger partial charge in [-0.3, -0.25) is 0 Å². The Labute approximate surface area is 174 Å². The number of hydrogen-bond acceptors (Lipinski definition) is 0.